The summed E-state index contributed by atoms with van der Waals surface area (Å²) in [6.07, 6.45) is 1.81. The van der Waals surface area contributed by atoms with Gasteiger partial charge in [-0.15, -0.1) is 0 Å². The maximum absolute atomic E-state index is 6.41. The summed E-state index contributed by atoms with van der Waals surface area (Å²) < 4.78 is 0. The summed E-state index contributed by atoms with van der Waals surface area (Å²) in [5, 5.41) is 1.13. The summed E-state index contributed by atoms with van der Waals surface area (Å²) in [4.78, 5) is 4.34. The van der Waals surface area contributed by atoms with Crippen molar-refractivity contribution < 1.29 is 0 Å². The Morgan fingerprint density at radius 1 is 0.900 bits per heavy atom. The van der Waals surface area contributed by atoms with E-state index in [-0.39, 0.29) is 6.04 Å². The number of nitrogens with two attached hydrogens (primary N) is 1. The molecule has 1 aromatic heterocycles. The molecule has 1 atom stereocenters. The molecule has 0 saturated heterocycles. The minimum absolute atomic E-state index is 0.0982. The van der Waals surface area contributed by atoms with Crippen LogP contribution in [-0.4, -0.2) is 4.98 Å². The predicted octanol–water partition coefficient (Wildman–Crippen LogP) is 3.90. The Labute approximate surface area is 119 Å². The first-order valence-electron chi connectivity index (χ1n) is 6.82. The van der Waals surface area contributed by atoms with Crippen LogP contribution in [0.3, 0.4) is 0 Å². The molecule has 0 fully saturated rings. The summed E-state index contributed by atoms with van der Waals surface area (Å²) in [5.41, 5.74) is 12.3. The second kappa shape index (κ2) is 5.06. The Hall–Kier alpha value is -2.19. The molecule has 2 nitrogen and oxygen atoms in total. The van der Waals surface area contributed by atoms with Gasteiger partial charge >= 0.3 is 0 Å². The van der Waals surface area contributed by atoms with Crippen molar-refractivity contribution in [1.29, 1.82) is 0 Å². The fourth-order valence-corrected chi connectivity index (χ4v) is 2.44. The van der Waals surface area contributed by atoms with E-state index in [1.165, 1.54) is 11.1 Å². The monoisotopic (exact) mass is 262 g/mol. The SMILES string of the molecule is Cc1ccc(C(N)c2ccc3ncccc3c2)cc1C. The first-order valence-corrected chi connectivity index (χ1v) is 6.82. The smallest absolute Gasteiger partial charge is 0.0702 e. The van der Waals surface area contributed by atoms with Gasteiger partial charge in [0.2, 0.25) is 0 Å². The maximum atomic E-state index is 6.41. The molecular formula is C18H18N2. The molecule has 0 aliphatic heterocycles. The molecule has 0 spiro atoms. The molecule has 3 rings (SSSR count). The average molecular weight is 262 g/mol. The predicted molar refractivity (Wildman–Crippen MR) is 83.7 cm³/mol. The van der Waals surface area contributed by atoms with Gasteiger partial charge in [-0.05, 0) is 54.3 Å². The molecule has 0 radical (unpaired) electrons. The van der Waals surface area contributed by atoms with Gasteiger partial charge in [0.1, 0.15) is 0 Å². The van der Waals surface area contributed by atoms with Crippen LogP contribution in [0.1, 0.15) is 28.3 Å². The Morgan fingerprint density at radius 3 is 2.45 bits per heavy atom. The van der Waals surface area contributed by atoms with E-state index in [9.17, 15) is 0 Å². The average Bonchev–Trinajstić information content (AvgIpc) is 2.49. The highest BCUT2D eigenvalue weighted by Gasteiger charge is 2.10. The van der Waals surface area contributed by atoms with Crippen molar-refractivity contribution in [1.82, 2.24) is 4.98 Å². The molecule has 0 aliphatic carbocycles. The van der Waals surface area contributed by atoms with Crippen molar-refractivity contribution >= 4 is 10.9 Å². The number of pyridine rings is 1. The number of rotatable bonds is 2. The first kappa shape index (κ1) is 12.8. The van der Waals surface area contributed by atoms with Gasteiger partial charge in [-0.25, -0.2) is 0 Å². The van der Waals surface area contributed by atoms with Crippen LogP contribution < -0.4 is 5.73 Å². The number of hydrogen-bond acceptors (Lipinski definition) is 2. The molecule has 0 amide bonds. The fourth-order valence-electron chi connectivity index (χ4n) is 2.44. The van der Waals surface area contributed by atoms with E-state index in [4.69, 9.17) is 5.73 Å². The third-order valence-corrected chi connectivity index (χ3v) is 3.88. The van der Waals surface area contributed by atoms with Crippen LogP contribution in [0.25, 0.3) is 10.9 Å². The van der Waals surface area contributed by atoms with Gasteiger partial charge in [-0.3, -0.25) is 4.98 Å². The molecule has 20 heavy (non-hydrogen) atoms. The number of hydrogen-bond donors (Lipinski definition) is 1. The largest absolute Gasteiger partial charge is 0.320 e. The summed E-state index contributed by atoms with van der Waals surface area (Å²) in [7, 11) is 0. The molecular weight excluding hydrogens is 244 g/mol. The van der Waals surface area contributed by atoms with Gasteiger partial charge in [-0.2, -0.15) is 0 Å². The highest BCUT2D eigenvalue weighted by molar-refractivity contribution is 5.79. The maximum Gasteiger partial charge on any atom is 0.0702 e. The van der Waals surface area contributed by atoms with E-state index in [1.807, 2.05) is 18.3 Å². The normalized spacial score (nSPS) is 12.6. The van der Waals surface area contributed by atoms with Gasteiger partial charge in [-0.1, -0.05) is 30.3 Å². The van der Waals surface area contributed by atoms with Crippen molar-refractivity contribution in [2.24, 2.45) is 5.73 Å². The highest BCUT2D eigenvalue weighted by Crippen LogP contribution is 2.24. The molecule has 2 heteroatoms. The lowest BCUT2D eigenvalue weighted by molar-refractivity contribution is 0.870. The summed E-state index contributed by atoms with van der Waals surface area (Å²) in [6.45, 7) is 4.24. The second-order valence-electron chi connectivity index (χ2n) is 5.28. The van der Waals surface area contributed by atoms with Crippen LogP contribution in [0.15, 0.2) is 54.7 Å². The summed E-state index contributed by atoms with van der Waals surface area (Å²) in [5.74, 6) is 0. The van der Waals surface area contributed by atoms with E-state index in [1.54, 1.807) is 0 Å². The lowest BCUT2D eigenvalue weighted by Gasteiger charge is -2.15. The van der Waals surface area contributed by atoms with Crippen LogP contribution in [0.2, 0.25) is 0 Å². The lowest BCUT2D eigenvalue weighted by Crippen LogP contribution is -2.12. The van der Waals surface area contributed by atoms with Crippen molar-refractivity contribution in [3.05, 3.63) is 77.0 Å². The Kier molecular flexibility index (Phi) is 3.25. The number of aromatic nitrogens is 1. The second-order valence-corrected chi connectivity index (χ2v) is 5.28. The van der Waals surface area contributed by atoms with E-state index >= 15 is 0 Å². The van der Waals surface area contributed by atoms with Crippen molar-refractivity contribution in [2.75, 3.05) is 0 Å². The molecule has 100 valence electrons. The van der Waals surface area contributed by atoms with Crippen molar-refractivity contribution in [3.8, 4) is 0 Å². The molecule has 1 unspecified atom stereocenters. The molecule has 1 heterocycles. The van der Waals surface area contributed by atoms with E-state index in [0.717, 1.165) is 22.0 Å². The number of aryl methyl sites for hydroxylation is 2. The van der Waals surface area contributed by atoms with Crippen LogP contribution >= 0.6 is 0 Å². The van der Waals surface area contributed by atoms with Crippen LogP contribution in [0.5, 0.6) is 0 Å². The van der Waals surface area contributed by atoms with Gasteiger partial charge in [0.25, 0.3) is 0 Å². The van der Waals surface area contributed by atoms with Crippen LogP contribution in [0.4, 0.5) is 0 Å². The molecule has 0 aliphatic rings. The number of nitrogens with zero attached hydrogens (tertiary/aromatic N) is 1. The quantitative estimate of drug-likeness (QED) is 0.760. The van der Waals surface area contributed by atoms with Gasteiger partial charge < -0.3 is 5.73 Å². The highest BCUT2D eigenvalue weighted by atomic mass is 14.7. The van der Waals surface area contributed by atoms with Crippen molar-refractivity contribution in [3.63, 3.8) is 0 Å². The van der Waals surface area contributed by atoms with E-state index in [0.29, 0.717) is 0 Å². The zero-order chi connectivity index (χ0) is 14.1. The fraction of sp³-hybridized carbons (Fsp3) is 0.167. The lowest BCUT2D eigenvalue weighted by atomic mass is 9.95. The van der Waals surface area contributed by atoms with Crippen LogP contribution in [0, 0.1) is 13.8 Å². The molecule has 3 aromatic rings. The topological polar surface area (TPSA) is 38.9 Å². The molecule has 2 aromatic carbocycles. The van der Waals surface area contributed by atoms with Gasteiger partial charge in [0, 0.05) is 11.6 Å². The zero-order valence-corrected chi connectivity index (χ0v) is 11.8. The standard InChI is InChI=1S/C18H18N2/c1-12-5-6-15(10-13(12)2)18(19)16-7-8-17-14(11-16)4-3-9-20-17/h3-11,18H,19H2,1-2H3. The number of fused-ring (bicyclic) bond motifs is 1. The Bertz CT molecular complexity index is 762. The Balaban J connectivity index is 2.02. The van der Waals surface area contributed by atoms with Crippen molar-refractivity contribution in [2.45, 2.75) is 19.9 Å². The third-order valence-electron chi connectivity index (χ3n) is 3.88. The minimum atomic E-state index is -0.0982. The van der Waals surface area contributed by atoms with E-state index in [2.05, 4.69) is 55.2 Å². The Morgan fingerprint density at radius 2 is 1.65 bits per heavy atom. The third kappa shape index (κ3) is 2.30. The first-order chi connectivity index (χ1) is 9.65. The molecule has 0 saturated carbocycles. The van der Waals surface area contributed by atoms with Gasteiger partial charge in [0.15, 0.2) is 0 Å². The molecule has 2 N–H and O–H groups in total. The zero-order valence-electron chi connectivity index (χ0n) is 11.8. The minimum Gasteiger partial charge on any atom is -0.320 e. The number of benzene rings is 2. The van der Waals surface area contributed by atoms with Crippen LogP contribution in [-0.2, 0) is 0 Å². The summed E-state index contributed by atoms with van der Waals surface area (Å²) in [6, 6.07) is 16.6. The van der Waals surface area contributed by atoms with E-state index < -0.39 is 0 Å². The molecule has 0 bridgehead atoms. The summed E-state index contributed by atoms with van der Waals surface area (Å²) >= 11 is 0. The van der Waals surface area contributed by atoms with Gasteiger partial charge in [0.05, 0.1) is 11.6 Å².